The number of carbonyl (C=O) groups is 1. The third-order valence-electron chi connectivity index (χ3n) is 4.48. The number of rotatable bonds is 6. The van der Waals surface area contributed by atoms with Gasteiger partial charge < -0.3 is 10.4 Å². The molecule has 1 unspecified atom stereocenters. The topological polar surface area (TPSA) is 62.2 Å². The summed E-state index contributed by atoms with van der Waals surface area (Å²) in [6.07, 6.45) is 3.12. The molecule has 0 aliphatic rings. The molecule has 6 heteroatoms. The maximum atomic E-state index is 14.0. The van der Waals surface area contributed by atoms with E-state index >= 15 is 0 Å². The summed E-state index contributed by atoms with van der Waals surface area (Å²) in [5.41, 5.74) is 1.02. The van der Waals surface area contributed by atoms with Gasteiger partial charge in [-0.05, 0) is 42.3 Å². The van der Waals surface area contributed by atoms with Gasteiger partial charge in [0.15, 0.2) is 0 Å². The van der Waals surface area contributed by atoms with Gasteiger partial charge in [0.2, 0.25) is 0 Å². The van der Waals surface area contributed by atoms with Crippen molar-refractivity contribution in [1.82, 2.24) is 10.3 Å². The maximum absolute atomic E-state index is 14.0. The van der Waals surface area contributed by atoms with E-state index in [9.17, 15) is 18.7 Å². The van der Waals surface area contributed by atoms with Gasteiger partial charge in [-0.1, -0.05) is 30.3 Å². The average Bonchev–Trinajstić information content (AvgIpc) is 2.70. The van der Waals surface area contributed by atoms with Crippen LogP contribution in [0.1, 0.15) is 22.8 Å². The molecular formula is C22H20F2N2O2. The van der Waals surface area contributed by atoms with Crippen LogP contribution >= 0.6 is 0 Å². The molecule has 1 amide bonds. The van der Waals surface area contributed by atoms with E-state index in [1.165, 1.54) is 24.4 Å². The van der Waals surface area contributed by atoms with Crippen molar-refractivity contribution in [2.24, 2.45) is 0 Å². The van der Waals surface area contributed by atoms with E-state index < -0.39 is 17.3 Å². The number of aromatic nitrogens is 1. The molecule has 2 N–H and O–H groups in total. The van der Waals surface area contributed by atoms with E-state index in [-0.39, 0.29) is 24.4 Å². The number of hydrogen-bond acceptors (Lipinski definition) is 3. The number of nitrogens with one attached hydrogen (secondary N) is 1. The van der Waals surface area contributed by atoms with Crippen molar-refractivity contribution in [2.75, 3.05) is 6.61 Å². The zero-order valence-corrected chi connectivity index (χ0v) is 15.3. The van der Waals surface area contributed by atoms with Crippen LogP contribution in [0.3, 0.4) is 0 Å². The molecule has 4 nitrogen and oxygen atoms in total. The van der Waals surface area contributed by atoms with Crippen LogP contribution in [0.25, 0.3) is 11.1 Å². The number of amides is 1. The lowest BCUT2D eigenvalue weighted by atomic mass is 9.92. The number of nitrogens with zero attached hydrogens (tertiary/aromatic N) is 1. The Labute approximate surface area is 161 Å². The standard InChI is InChI=1S/C22H20F2N2O2/c1-22(14-27,11-16-4-2-3-5-20(16)24)26-21(28)18-10-17(12-25-13-18)15-6-8-19(23)9-7-15/h2-10,12-13,27H,11,14H2,1H3,(H,26,28). The van der Waals surface area contributed by atoms with Crippen LogP contribution in [0.15, 0.2) is 67.0 Å². The monoisotopic (exact) mass is 382 g/mol. The molecule has 1 heterocycles. The molecule has 0 aliphatic heterocycles. The fraction of sp³-hybridized carbons (Fsp3) is 0.182. The molecule has 0 saturated heterocycles. The Kier molecular flexibility index (Phi) is 5.80. The highest BCUT2D eigenvalue weighted by atomic mass is 19.1. The van der Waals surface area contributed by atoms with Crippen molar-refractivity contribution >= 4 is 5.91 Å². The number of aliphatic hydroxyl groups is 1. The molecule has 0 aliphatic carbocycles. The number of carbonyl (C=O) groups excluding carboxylic acids is 1. The normalized spacial score (nSPS) is 13.0. The van der Waals surface area contributed by atoms with Crippen LogP contribution in [-0.2, 0) is 6.42 Å². The van der Waals surface area contributed by atoms with E-state index in [0.717, 1.165) is 5.56 Å². The number of hydrogen-bond donors (Lipinski definition) is 2. The minimum absolute atomic E-state index is 0.132. The Morgan fingerprint density at radius 3 is 2.46 bits per heavy atom. The van der Waals surface area contributed by atoms with Crippen LogP contribution in [0.4, 0.5) is 8.78 Å². The van der Waals surface area contributed by atoms with Crippen LogP contribution < -0.4 is 5.32 Å². The highest BCUT2D eigenvalue weighted by Crippen LogP contribution is 2.21. The summed E-state index contributed by atoms with van der Waals surface area (Å²) in [4.78, 5) is 16.8. The summed E-state index contributed by atoms with van der Waals surface area (Å²) in [6, 6.07) is 13.7. The van der Waals surface area contributed by atoms with Gasteiger partial charge in [0.1, 0.15) is 11.6 Å². The number of aliphatic hydroxyl groups excluding tert-OH is 1. The second-order valence-corrected chi connectivity index (χ2v) is 6.91. The van der Waals surface area contributed by atoms with Crippen LogP contribution in [0.5, 0.6) is 0 Å². The average molecular weight is 382 g/mol. The Balaban J connectivity index is 1.80. The SMILES string of the molecule is CC(CO)(Cc1ccccc1F)NC(=O)c1cncc(-c2ccc(F)cc2)c1. The first-order valence-electron chi connectivity index (χ1n) is 8.78. The molecule has 144 valence electrons. The van der Waals surface area contributed by atoms with Crippen molar-refractivity contribution in [3.8, 4) is 11.1 Å². The molecule has 0 fully saturated rings. The van der Waals surface area contributed by atoms with Gasteiger partial charge in [0.25, 0.3) is 5.91 Å². The number of halogens is 2. The third-order valence-corrected chi connectivity index (χ3v) is 4.48. The van der Waals surface area contributed by atoms with Crippen molar-refractivity contribution in [3.63, 3.8) is 0 Å². The highest BCUT2D eigenvalue weighted by Gasteiger charge is 2.28. The second-order valence-electron chi connectivity index (χ2n) is 6.91. The molecule has 0 bridgehead atoms. The summed E-state index contributed by atoms with van der Waals surface area (Å²) in [5.74, 6) is -1.18. The summed E-state index contributed by atoms with van der Waals surface area (Å²) in [6.45, 7) is 1.28. The van der Waals surface area contributed by atoms with E-state index in [2.05, 4.69) is 10.3 Å². The Hall–Kier alpha value is -3.12. The van der Waals surface area contributed by atoms with Gasteiger partial charge in [-0.3, -0.25) is 9.78 Å². The van der Waals surface area contributed by atoms with Crippen LogP contribution in [0.2, 0.25) is 0 Å². The minimum Gasteiger partial charge on any atom is -0.394 e. The molecule has 2 aromatic carbocycles. The van der Waals surface area contributed by atoms with Crippen molar-refractivity contribution in [1.29, 1.82) is 0 Å². The zero-order chi connectivity index (χ0) is 20.1. The highest BCUT2D eigenvalue weighted by molar-refractivity contribution is 5.95. The van der Waals surface area contributed by atoms with Crippen LogP contribution in [0, 0.1) is 11.6 Å². The van der Waals surface area contributed by atoms with Gasteiger partial charge in [-0.25, -0.2) is 8.78 Å². The predicted molar refractivity (Wildman–Crippen MR) is 103 cm³/mol. The van der Waals surface area contributed by atoms with E-state index in [4.69, 9.17) is 0 Å². The molecule has 0 spiro atoms. The summed E-state index contributed by atoms with van der Waals surface area (Å²) < 4.78 is 27.1. The van der Waals surface area contributed by atoms with Gasteiger partial charge in [0, 0.05) is 24.4 Å². The second kappa shape index (κ2) is 8.27. The summed E-state index contributed by atoms with van der Waals surface area (Å²) in [7, 11) is 0. The van der Waals surface area contributed by atoms with E-state index in [0.29, 0.717) is 11.1 Å². The van der Waals surface area contributed by atoms with E-state index in [1.807, 2.05) is 0 Å². The molecule has 28 heavy (non-hydrogen) atoms. The van der Waals surface area contributed by atoms with Crippen molar-refractivity contribution < 1.29 is 18.7 Å². The van der Waals surface area contributed by atoms with Gasteiger partial charge in [-0.2, -0.15) is 0 Å². The lowest BCUT2D eigenvalue weighted by molar-refractivity contribution is 0.0850. The molecule has 1 aromatic heterocycles. The Morgan fingerprint density at radius 1 is 1.07 bits per heavy atom. The minimum atomic E-state index is -1.05. The first-order valence-corrected chi connectivity index (χ1v) is 8.78. The van der Waals surface area contributed by atoms with Gasteiger partial charge >= 0.3 is 0 Å². The van der Waals surface area contributed by atoms with Crippen LogP contribution in [-0.4, -0.2) is 28.1 Å². The summed E-state index contributed by atoms with van der Waals surface area (Å²) >= 11 is 0. The Morgan fingerprint density at radius 2 is 1.79 bits per heavy atom. The van der Waals surface area contributed by atoms with E-state index in [1.54, 1.807) is 49.5 Å². The molecule has 3 aromatic rings. The molecular weight excluding hydrogens is 362 g/mol. The fourth-order valence-electron chi connectivity index (χ4n) is 2.91. The quantitative estimate of drug-likeness (QED) is 0.683. The fourth-order valence-corrected chi connectivity index (χ4v) is 2.91. The zero-order valence-electron chi connectivity index (χ0n) is 15.3. The molecule has 3 rings (SSSR count). The predicted octanol–water partition coefficient (Wildman–Crippen LogP) is 3.75. The third kappa shape index (κ3) is 4.58. The number of benzene rings is 2. The Bertz CT molecular complexity index is 976. The lowest BCUT2D eigenvalue weighted by Gasteiger charge is -2.29. The summed E-state index contributed by atoms with van der Waals surface area (Å²) in [5, 5.41) is 12.6. The molecule has 0 saturated carbocycles. The van der Waals surface area contributed by atoms with Gasteiger partial charge in [-0.15, -0.1) is 0 Å². The largest absolute Gasteiger partial charge is 0.394 e. The first-order chi connectivity index (χ1) is 13.4. The maximum Gasteiger partial charge on any atom is 0.253 e. The molecule has 0 radical (unpaired) electrons. The first kappa shape index (κ1) is 19.6. The van der Waals surface area contributed by atoms with Gasteiger partial charge in [0.05, 0.1) is 17.7 Å². The van der Waals surface area contributed by atoms with Crippen molar-refractivity contribution in [2.45, 2.75) is 18.9 Å². The lowest BCUT2D eigenvalue weighted by Crippen LogP contribution is -2.50. The number of pyridine rings is 1. The molecule has 1 atom stereocenters. The van der Waals surface area contributed by atoms with Crippen molar-refractivity contribution in [3.05, 3.63) is 89.8 Å². The smallest absolute Gasteiger partial charge is 0.253 e.